The number of ether oxygens (including phenoxy) is 10. The smallest absolute Gasteiger partial charge is 0.407 e. The molecule has 0 radical (unpaired) electrons. The van der Waals surface area contributed by atoms with Gasteiger partial charge in [0.15, 0.2) is 5.96 Å². The Kier molecular flexibility index (Phi) is 46.7. The summed E-state index contributed by atoms with van der Waals surface area (Å²) in [4.78, 5) is 131. The molecule has 0 fully saturated rings. The van der Waals surface area contributed by atoms with Gasteiger partial charge in [-0.15, -0.1) is 35.3 Å². The lowest BCUT2D eigenvalue weighted by atomic mass is 10.2. The van der Waals surface area contributed by atoms with Crippen molar-refractivity contribution >= 4 is 83.6 Å². The molecule has 43 heteroatoms. The molecule has 0 saturated heterocycles. The van der Waals surface area contributed by atoms with Crippen molar-refractivity contribution < 1.29 is 57.0 Å². The van der Waals surface area contributed by atoms with Crippen molar-refractivity contribution in [2.75, 3.05) is 106 Å². The Balaban J connectivity index is 0.000000224. The fourth-order valence-corrected chi connectivity index (χ4v) is 16.1. The summed E-state index contributed by atoms with van der Waals surface area (Å²) in [6.07, 6.45) is 2.29. The number of amides is 2. The second-order valence-corrected chi connectivity index (χ2v) is 37.6. The van der Waals surface area contributed by atoms with Crippen LogP contribution in [0.15, 0.2) is 295 Å². The van der Waals surface area contributed by atoms with Gasteiger partial charge in [0.2, 0.25) is 5.96 Å². The number of benzene rings is 8. The predicted octanol–water partition coefficient (Wildman–Crippen LogP) is 11.2. The molecule has 0 atom stereocenters. The fraction of sp³-hybridized carbons (Fsp3) is 0.311. The summed E-state index contributed by atoms with van der Waals surface area (Å²) in [5.41, 5.74) is 24.1. The van der Waals surface area contributed by atoms with Crippen molar-refractivity contribution in [2.24, 2.45) is 27.9 Å². The molecule has 5 aromatic heterocycles. The number of thioether (sulfide) groups is 3. The molecule has 0 saturated carbocycles. The van der Waals surface area contributed by atoms with Gasteiger partial charge in [-0.2, -0.15) is 17.7 Å². The zero-order valence-electron chi connectivity index (χ0n) is 83.8. The topological polar surface area (TPSA) is 485 Å². The average Bonchev–Trinajstić information content (AvgIpc) is 0.834. The number of nitrogen functional groups attached to an aromatic ring is 1. The van der Waals surface area contributed by atoms with Crippen LogP contribution in [0.5, 0.6) is 46.0 Å². The van der Waals surface area contributed by atoms with E-state index in [9.17, 15) is 47.9 Å². The Hall–Kier alpha value is -15.0. The molecular formula is C103H125ClN18O20S4. The summed E-state index contributed by atoms with van der Waals surface area (Å²) >= 11 is 14.2. The minimum Gasteiger partial charge on any atom is -0.497 e. The molecule has 0 spiro atoms. The van der Waals surface area contributed by atoms with Gasteiger partial charge in [-0.1, -0.05) is 109 Å². The second-order valence-electron chi connectivity index (χ2n) is 33.4. The molecule has 8 aromatic carbocycles. The molecule has 13 aromatic rings. The Morgan fingerprint density at radius 3 is 0.856 bits per heavy atom. The van der Waals surface area contributed by atoms with E-state index in [1.54, 1.807) is 146 Å². The number of carbonyl (C=O) groups is 2. The van der Waals surface area contributed by atoms with Crippen LogP contribution in [-0.2, 0) is 61.8 Å². The van der Waals surface area contributed by atoms with Gasteiger partial charge in [-0.3, -0.25) is 66.1 Å². The van der Waals surface area contributed by atoms with Crippen LogP contribution < -0.4 is 116 Å². The summed E-state index contributed by atoms with van der Waals surface area (Å²) in [5.74, 6) is 7.87. The molecule has 11 N–H and O–H groups in total. The molecule has 778 valence electrons. The summed E-state index contributed by atoms with van der Waals surface area (Å²) in [5, 5.41) is 17.5. The molecule has 0 aliphatic carbocycles. The lowest BCUT2D eigenvalue weighted by molar-refractivity contribution is 0.0520. The molecule has 0 aliphatic heterocycles. The van der Waals surface area contributed by atoms with E-state index in [4.69, 9.17) is 87.3 Å². The molecule has 146 heavy (non-hydrogen) atoms. The SMILES string of the molecule is CC(C)(C)OC(=O)NCCS.COc1ccc(Cn2c(Cl)cc(=O)n(Cc3ccc(OC)cc3)c2=O)cc1.COc1ccc(Cn2c(SCCN)cc(=O)n(Cc3ccc(OC)cc3)c2=O)cc1.COc1ccc(Cn2c(SCCN=C(N)N)cc(=O)n(Cc3ccc(OC)cc3)c2=O)cc1.COc1ccc(Cn2c(SCCNC(=O)OC(C)(C)C)cc(=O)n(Cc3ccc(OC)cc3)c2=O)cc1.N=C(N)n1cccn1. The highest BCUT2D eigenvalue weighted by atomic mass is 35.5. The highest BCUT2D eigenvalue weighted by Gasteiger charge is 2.22. The maximum atomic E-state index is 13.5. The number of aliphatic imine (C=N–C) groups is 1. The van der Waals surface area contributed by atoms with Gasteiger partial charge in [0.1, 0.15) is 62.4 Å². The molecule has 0 unspecified atom stereocenters. The van der Waals surface area contributed by atoms with Crippen LogP contribution in [0.3, 0.4) is 0 Å². The van der Waals surface area contributed by atoms with Crippen molar-refractivity contribution in [3.63, 3.8) is 0 Å². The lowest BCUT2D eigenvalue weighted by Crippen LogP contribution is -2.40. The van der Waals surface area contributed by atoms with Gasteiger partial charge in [0.05, 0.1) is 131 Å². The number of alkyl carbamates (subject to hydrolysis) is 2. The largest absolute Gasteiger partial charge is 0.497 e. The highest BCUT2D eigenvalue weighted by Crippen LogP contribution is 2.25. The Bertz CT molecular complexity index is 6910. The molecule has 0 bridgehead atoms. The standard InChI is InChI=1S/C27H33N3O6S.C23H27N5O4S.C22H25N3O4S.C20H19ClN2O4.C7H15NO2S.C4H6N4/c1-27(2,3)36-25(32)28-14-15-37-24-16-23(31)29(17-19-6-10-21(34-4)11-7-19)26(33)30(24)18-20-8-12-22(35-5)13-9-20;1-31-18-7-3-16(4-8-18)14-27-20(29)13-21(33-12-11-26-22(24)25)28(23(27)30)15-17-5-9-19(32-2)10-6-17;1-28-18-7-3-16(4-8-18)14-24-20(26)13-21(30-12-11-23)25(22(24)27)15-17-5-9-19(29-2)10-6-17;1-26-16-7-3-14(4-8-16)12-22-18(21)11-19(24)23(20(22)25)13-15-5-9-17(27-2)10-6-15;1-7(2,3)10-6(9)8-4-5-11;5-4(6)8-3-1-2-7-8/h6-13,16H,14-15,17-18H2,1-5H3,(H,28,32);3-10,13H,11-12,14-15H2,1-2H3,(H4,24,25,26);3-10,13H,11-12,14-15,23H2,1-2H3;3-11H,12-13H2,1-2H3;11H,4-5H2,1-3H3,(H,8,9);1-3H,(H3,5,6). The molecule has 13 rings (SSSR count). The first kappa shape index (κ1) is 116. The third-order valence-corrected chi connectivity index (χ3v) is 24.2. The van der Waals surface area contributed by atoms with Crippen LogP contribution >= 0.6 is 59.5 Å². The number of methoxy groups -OCH3 is 8. The van der Waals surface area contributed by atoms with Crippen LogP contribution in [0.25, 0.3) is 0 Å². The summed E-state index contributed by atoms with van der Waals surface area (Å²) < 4.78 is 63.9. The van der Waals surface area contributed by atoms with Crippen molar-refractivity contribution in [3.8, 4) is 46.0 Å². The van der Waals surface area contributed by atoms with Crippen LogP contribution in [0.4, 0.5) is 9.59 Å². The molecule has 5 heterocycles. The first-order chi connectivity index (χ1) is 69.8. The maximum absolute atomic E-state index is 13.5. The van der Waals surface area contributed by atoms with E-state index < -0.39 is 45.5 Å². The van der Waals surface area contributed by atoms with Gasteiger partial charge in [0.25, 0.3) is 22.2 Å². The Labute approximate surface area is 867 Å². The number of halogens is 1. The van der Waals surface area contributed by atoms with E-state index in [-0.39, 0.29) is 79.2 Å². The number of nitrogens with two attached hydrogens (primary N) is 4. The molecular weight excluding hydrogens is 1970 g/mol. The number of nitrogens with one attached hydrogen (secondary N) is 3. The van der Waals surface area contributed by atoms with Crippen LogP contribution in [0, 0.1) is 5.41 Å². The number of nitrogens with zero attached hydrogens (tertiary/aromatic N) is 11. The summed E-state index contributed by atoms with van der Waals surface area (Å²) in [6, 6.07) is 66.1. The Morgan fingerprint density at radius 2 is 0.623 bits per heavy atom. The maximum Gasteiger partial charge on any atom is 0.407 e. The first-order valence-electron chi connectivity index (χ1n) is 45.4. The quantitative estimate of drug-likeness (QED) is 0.00448. The highest BCUT2D eigenvalue weighted by molar-refractivity contribution is 7.99. The van der Waals surface area contributed by atoms with Crippen molar-refractivity contribution in [1.82, 2.24) is 57.0 Å². The fourth-order valence-electron chi connectivity index (χ4n) is 13.2. The number of carbonyl (C=O) groups excluding carboxylic acids is 2. The van der Waals surface area contributed by atoms with Gasteiger partial charge in [-0.05, 0) is 189 Å². The molecule has 0 aliphatic rings. The third kappa shape index (κ3) is 38.0. The second kappa shape index (κ2) is 58.7. The predicted molar refractivity (Wildman–Crippen MR) is 575 cm³/mol. The third-order valence-electron chi connectivity index (χ3n) is 20.5. The molecule has 38 nitrogen and oxygen atoms in total. The first-order valence-corrected chi connectivity index (χ1v) is 49.4. The number of hydrogen-bond donors (Lipinski definition) is 8. The Morgan fingerprint density at radius 1 is 0.377 bits per heavy atom. The zero-order valence-corrected chi connectivity index (χ0v) is 87.9. The van der Waals surface area contributed by atoms with Crippen LogP contribution in [0.1, 0.15) is 86.1 Å². The van der Waals surface area contributed by atoms with Gasteiger partial charge < -0.3 is 80.9 Å². The van der Waals surface area contributed by atoms with E-state index in [0.717, 1.165) is 72.1 Å². The van der Waals surface area contributed by atoms with Crippen LogP contribution in [-0.4, -0.2) is 188 Å². The number of rotatable bonds is 37. The van der Waals surface area contributed by atoms with Gasteiger partial charge >= 0.3 is 34.9 Å². The number of aromatic nitrogens is 10. The summed E-state index contributed by atoms with van der Waals surface area (Å²) in [6.45, 7) is 14.3. The van der Waals surface area contributed by atoms with Gasteiger partial charge in [0, 0.05) is 79.3 Å². The van der Waals surface area contributed by atoms with Crippen molar-refractivity contribution in [2.45, 2.75) is 120 Å². The van der Waals surface area contributed by atoms with Crippen molar-refractivity contribution in [3.05, 3.63) is 370 Å². The zero-order chi connectivity index (χ0) is 107. The summed E-state index contributed by atoms with van der Waals surface area (Å²) in [7, 11) is 12.7. The minimum absolute atomic E-state index is 0.00105. The number of thiol groups is 1. The number of hydrogen-bond acceptors (Lipinski definition) is 28. The monoisotopic (exact) mass is 2100 g/mol. The normalized spacial score (nSPS) is 10.7. The van der Waals surface area contributed by atoms with E-state index in [1.807, 2.05) is 178 Å². The molecule has 2 amide bonds. The minimum atomic E-state index is -0.593. The lowest BCUT2D eigenvalue weighted by Gasteiger charge is -2.19. The van der Waals surface area contributed by atoms with E-state index in [2.05, 4.69) is 33.4 Å². The van der Waals surface area contributed by atoms with Crippen molar-refractivity contribution in [1.29, 1.82) is 5.41 Å². The van der Waals surface area contributed by atoms with E-state index >= 15 is 0 Å². The van der Waals surface area contributed by atoms with E-state index in [0.29, 0.717) is 100 Å². The van der Waals surface area contributed by atoms with Gasteiger partial charge in [-0.25, -0.2) is 33.4 Å². The average molecular weight is 2100 g/mol. The van der Waals surface area contributed by atoms with Crippen LogP contribution in [0.2, 0.25) is 5.15 Å². The van der Waals surface area contributed by atoms with E-state index in [1.165, 1.54) is 82.5 Å². The number of guanidine groups is 1.